The Morgan fingerprint density at radius 2 is 2.30 bits per heavy atom. The van der Waals surface area contributed by atoms with Crippen LogP contribution in [0.25, 0.3) is 0 Å². The zero-order chi connectivity index (χ0) is 7.98. The van der Waals surface area contributed by atoms with Gasteiger partial charge in [-0.25, -0.2) is 0 Å². The lowest BCUT2D eigenvalue weighted by Gasteiger charge is -2.10. The molecule has 0 aliphatic heterocycles. The Morgan fingerprint density at radius 3 is 2.70 bits per heavy atom. The normalized spacial score (nSPS) is 12.7. The molecule has 4 nitrogen and oxygen atoms in total. The number of amides is 1. The number of carbonyl (C=O) groups excluding carboxylic acids is 1. The highest BCUT2D eigenvalue weighted by Gasteiger charge is 2.09. The first-order chi connectivity index (χ1) is 4.72. The van der Waals surface area contributed by atoms with E-state index in [1.807, 2.05) is 6.92 Å². The Balaban J connectivity index is 3.49. The molecule has 0 fully saturated rings. The molecule has 0 bridgehead atoms. The number of rotatable bonds is 4. The van der Waals surface area contributed by atoms with E-state index in [9.17, 15) is 4.79 Å². The van der Waals surface area contributed by atoms with Crippen LogP contribution in [0.1, 0.15) is 13.8 Å². The van der Waals surface area contributed by atoms with Crippen molar-refractivity contribution in [2.24, 2.45) is 0 Å². The van der Waals surface area contributed by atoms with E-state index in [0.29, 0.717) is 6.54 Å². The summed E-state index contributed by atoms with van der Waals surface area (Å²) < 4.78 is 0. The molecule has 0 aliphatic carbocycles. The molecule has 0 saturated carbocycles. The van der Waals surface area contributed by atoms with Crippen molar-refractivity contribution in [1.29, 1.82) is 0 Å². The van der Waals surface area contributed by atoms with Crippen molar-refractivity contribution >= 4 is 5.91 Å². The van der Waals surface area contributed by atoms with Gasteiger partial charge in [-0.15, -0.1) is 0 Å². The van der Waals surface area contributed by atoms with Crippen LogP contribution in [0, 0.1) is 0 Å². The summed E-state index contributed by atoms with van der Waals surface area (Å²) in [6.07, 6.45) is 0. The summed E-state index contributed by atoms with van der Waals surface area (Å²) in [7, 11) is 1.48. The highest BCUT2D eigenvalue weighted by molar-refractivity contribution is 5.80. The van der Waals surface area contributed by atoms with Gasteiger partial charge in [0, 0.05) is 6.54 Å². The zero-order valence-electron chi connectivity index (χ0n) is 6.60. The Bertz CT molecular complexity index is 106. The fourth-order valence-corrected chi connectivity index (χ4v) is 0.558. The van der Waals surface area contributed by atoms with Crippen LogP contribution >= 0.6 is 0 Å². The van der Waals surface area contributed by atoms with E-state index in [2.05, 4.69) is 15.6 Å². The second kappa shape index (κ2) is 5.20. The van der Waals surface area contributed by atoms with Gasteiger partial charge in [0.1, 0.15) is 6.04 Å². The number of nitrogens with one attached hydrogen (secondary N) is 2. The second-order valence-corrected chi connectivity index (χ2v) is 1.94. The van der Waals surface area contributed by atoms with E-state index >= 15 is 0 Å². The highest BCUT2D eigenvalue weighted by atomic mass is 16.6. The van der Waals surface area contributed by atoms with Crippen LogP contribution in [0.2, 0.25) is 0 Å². The molecule has 0 aliphatic rings. The summed E-state index contributed by atoms with van der Waals surface area (Å²) in [5.41, 5.74) is 2.52. The van der Waals surface area contributed by atoms with Crippen molar-refractivity contribution in [3.8, 4) is 0 Å². The molecule has 4 heteroatoms. The maximum Gasteiger partial charge on any atom is 0.239 e. The Kier molecular flexibility index (Phi) is 4.88. The average molecular weight is 146 g/mol. The smallest absolute Gasteiger partial charge is 0.239 e. The van der Waals surface area contributed by atoms with Crippen molar-refractivity contribution in [2.75, 3.05) is 13.7 Å². The van der Waals surface area contributed by atoms with Crippen molar-refractivity contribution in [2.45, 2.75) is 19.9 Å². The lowest BCUT2D eigenvalue weighted by Crippen LogP contribution is -2.41. The van der Waals surface area contributed by atoms with Crippen molar-refractivity contribution in [1.82, 2.24) is 10.8 Å². The van der Waals surface area contributed by atoms with Crippen LogP contribution in [0.15, 0.2) is 0 Å². The maximum atomic E-state index is 10.9. The van der Waals surface area contributed by atoms with Gasteiger partial charge in [-0.3, -0.25) is 4.79 Å². The Hall–Kier alpha value is -0.610. The molecular weight excluding hydrogens is 132 g/mol. The standard InChI is InChI=1S/C6H14N2O2/c1-4-7-6(9)5(2)8-10-3/h5,8H,4H2,1-3H3,(H,7,9). The number of hydroxylamine groups is 1. The molecule has 0 aromatic heterocycles. The lowest BCUT2D eigenvalue weighted by molar-refractivity contribution is -0.125. The molecule has 0 saturated heterocycles. The first kappa shape index (κ1) is 9.39. The minimum atomic E-state index is -0.287. The zero-order valence-corrected chi connectivity index (χ0v) is 6.60. The third kappa shape index (κ3) is 3.42. The Labute approximate surface area is 60.9 Å². The van der Waals surface area contributed by atoms with Crippen molar-refractivity contribution in [3.05, 3.63) is 0 Å². The highest BCUT2D eigenvalue weighted by Crippen LogP contribution is 1.79. The largest absolute Gasteiger partial charge is 0.355 e. The molecule has 0 aromatic carbocycles. The van der Waals surface area contributed by atoms with Crippen LogP contribution in [0.4, 0.5) is 0 Å². The summed E-state index contributed by atoms with van der Waals surface area (Å²) in [6.45, 7) is 4.25. The van der Waals surface area contributed by atoms with Crippen LogP contribution < -0.4 is 10.8 Å². The van der Waals surface area contributed by atoms with Gasteiger partial charge in [0.05, 0.1) is 7.11 Å². The molecule has 2 N–H and O–H groups in total. The van der Waals surface area contributed by atoms with Crippen molar-refractivity contribution in [3.63, 3.8) is 0 Å². The van der Waals surface area contributed by atoms with E-state index in [4.69, 9.17) is 0 Å². The topological polar surface area (TPSA) is 50.4 Å². The predicted molar refractivity (Wildman–Crippen MR) is 38.3 cm³/mol. The van der Waals surface area contributed by atoms with E-state index < -0.39 is 0 Å². The van der Waals surface area contributed by atoms with E-state index in [1.54, 1.807) is 6.92 Å². The third-order valence-corrected chi connectivity index (χ3v) is 1.04. The van der Waals surface area contributed by atoms with Gasteiger partial charge in [-0.05, 0) is 13.8 Å². The first-order valence-corrected chi connectivity index (χ1v) is 3.28. The van der Waals surface area contributed by atoms with Crippen LogP contribution in [0.3, 0.4) is 0 Å². The summed E-state index contributed by atoms with van der Waals surface area (Å²) in [5, 5.41) is 2.65. The average Bonchev–Trinajstić information content (AvgIpc) is 1.89. The minimum absolute atomic E-state index is 0.0515. The summed E-state index contributed by atoms with van der Waals surface area (Å²) in [6, 6.07) is -0.287. The summed E-state index contributed by atoms with van der Waals surface area (Å²) in [5.74, 6) is -0.0515. The monoisotopic (exact) mass is 146 g/mol. The third-order valence-electron chi connectivity index (χ3n) is 1.04. The molecule has 0 radical (unpaired) electrons. The quantitative estimate of drug-likeness (QED) is 0.533. The number of hydrogen-bond acceptors (Lipinski definition) is 3. The number of hydrogen-bond donors (Lipinski definition) is 2. The fourth-order valence-electron chi connectivity index (χ4n) is 0.558. The lowest BCUT2D eigenvalue weighted by atomic mass is 10.3. The molecule has 1 atom stereocenters. The van der Waals surface area contributed by atoms with Crippen molar-refractivity contribution < 1.29 is 9.63 Å². The minimum Gasteiger partial charge on any atom is -0.355 e. The van der Waals surface area contributed by atoms with Gasteiger partial charge in [-0.2, -0.15) is 5.48 Å². The predicted octanol–water partition coefficient (Wildman–Crippen LogP) is -0.338. The molecule has 0 spiro atoms. The molecule has 0 rings (SSSR count). The van der Waals surface area contributed by atoms with Gasteiger partial charge in [0.15, 0.2) is 0 Å². The van der Waals surface area contributed by atoms with Crippen LogP contribution in [-0.2, 0) is 9.63 Å². The molecule has 1 amide bonds. The Morgan fingerprint density at radius 1 is 1.70 bits per heavy atom. The van der Waals surface area contributed by atoms with Gasteiger partial charge >= 0.3 is 0 Å². The molecule has 10 heavy (non-hydrogen) atoms. The van der Waals surface area contributed by atoms with Gasteiger partial charge in [0.2, 0.25) is 5.91 Å². The summed E-state index contributed by atoms with van der Waals surface area (Å²) in [4.78, 5) is 15.4. The number of likely N-dealkylation sites (N-methyl/N-ethyl adjacent to an activating group) is 1. The fraction of sp³-hybridized carbons (Fsp3) is 0.833. The molecule has 0 aromatic rings. The molecule has 60 valence electrons. The SMILES string of the molecule is CCNC(=O)C(C)NOC. The number of carbonyl (C=O) groups is 1. The van der Waals surface area contributed by atoms with Crippen LogP contribution in [0.5, 0.6) is 0 Å². The molecule has 1 unspecified atom stereocenters. The summed E-state index contributed by atoms with van der Waals surface area (Å²) >= 11 is 0. The van der Waals surface area contributed by atoms with E-state index in [1.165, 1.54) is 7.11 Å². The maximum absolute atomic E-state index is 10.9. The van der Waals surface area contributed by atoms with Gasteiger partial charge < -0.3 is 10.2 Å². The van der Waals surface area contributed by atoms with Gasteiger partial charge in [-0.1, -0.05) is 0 Å². The van der Waals surface area contributed by atoms with E-state index in [0.717, 1.165) is 0 Å². The van der Waals surface area contributed by atoms with Gasteiger partial charge in [0.25, 0.3) is 0 Å². The first-order valence-electron chi connectivity index (χ1n) is 3.28. The second-order valence-electron chi connectivity index (χ2n) is 1.94. The molecule has 0 heterocycles. The van der Waals surface area contributed by atoms with Crippen LogP contribution in [-0.4, -0.2) is 25.6 Å². The molecular formula is C6H14N2O2. The van der Waals surface area contributed by atoms with E-state index in [-0.39, 0.29) is 11.9 Å².